The Hall–Kier alpha value is -0.830. The molecule has 3 heteroatoms. The summed E-state index contributed by atoms with van der Waals surface area (Å²) in [6.45, 7) is 5.39. The van der Waals surface area contributed by atoms with Crippen LogP contribution < -0.4 is 5.32 Å². The van der Waals surface area contributed by atoms with Gasteiger partial charge in [-0.1, -0.05) is 13.8 Å². The lowest BCUT2D eigenvalue weighted by molar-refractivity contribution is 0.603. The molecule has 14 heavy (non-hydrogen) atoms. The van der Waals surface area contributed by atoms with Crippen LogP contribution in [-0.2, 0) is 20.0 Å². The van der Waals surface area contributed by atoms with Gasteiger partial charge in [0, 0.05) is 19.6 Å². The number of hydrogen-bond acceptors (Lipinski definition) is 2. The van der Waals surface area contributed by atoms with Crippen LogP contribution in [0, 0.1) is 5.92 Å². The summed E-state index contributed by atoms with van der Waals surface area (Å²) < 4.78 is 1.98. The molecule has 1 heterocycles. The van der Waals surface area contributed by atoms with Crippen LogP contribution in [0.4, 0.5) is 0 Å². The minimum absolute atomic E-state index is 0.745. The Balaban J connectivity index is 1.91. The van der Waals surface area contributed by atoms with Crippen molar-refractivity contribution in [3.63, 3.8) is 0 Å². The third-order valence-corrected chi connectivity index (χ3v) is 3.04. The first-order valence-electron chi connectivity index (χ1n) is 5.46. The highest BCUT2D eigenvalue weighted by Gasteiger charge is 2.31. The van der Waals surface area contributed by atoms with E-state index in [0.717, 1.165) is 24.9 Å². The molecule has 1 aliphatic carbocycles. The van der Waals surface area contributed by atoms with Crippen molar-refractivity contribution in [1.29, 1.82) is 0 Å². The Morgan fingerprint density at radius 1 is 1.64 bits per heavy atom. The van der Waals surface area contributed by atoms with Crippen LogP contribution >= 0.6 is 0 Å². The van der Waals surface area contributed by atoms with Gasteiger partial charge in [-0.05, 0) is 24.8 Å². The lowest BCUT2D eigenvalue weighted by Gasteiger charge is -2.02. The Morgan fingerprint density at radius 2 is 2.36 bits per heavy atom. The van der Waals surface area contributed by atoms with E-state index in [1.807, 2.05) is 11.7 Å². The lowest BCUT2D eigenvalue weighted by Crippen LogP contribution is -2.18. The van der Waals surface area contributed by atoms with Crippen molar-refractivity contribution in [2.75, 3.05) is 0 Å². The van der Waals surface area contributed by atoms with Crippen LogP contribution in [0.5, 0.6) is 0 Å². The van der Waals surface area contributed by atoms with Gasteiger partial charge < -0.3 is 5.32 Å². The van der Waals surface area contributed by atoms with E-state index in [-0.39, 0.29) is 0 Å². The molecule has 0 radical (unpaired) electrons. The van der Waals surface area contributed by atoms with Crippen molar-refractivity contribution < 1.29 is 0 Å². The summed E-state index contributed by atoms with van der Waals surface area (Å²) in [6, 6.07) is 2.94. The quantitative estimate of drug-likeness (QED) is 0.785. The van der Waals surface area contributed by atoms with Gasteiger partial charge in [0.05, 0.1) is 11.4 Å². The van der Waals surface area contributed by atoms with Crippen molar-refractivity contribution >= 4 is 0 Å². The fourth-order valence-electron chi connectivity index (χ4n) is 1.75. The highest BCUT2D eigenvalue weighted by molar-refractivity contribution is 5.10. The number of nitrogens with one attached hydrogen (secondary N) is 1. The molecule has 0 aromatic carbocycles. The maximum absolute atomic E-state index is 4.42. The molecule has 0 saturated heterocycles. The van der Waals surface area contributed by atoms with Crippen LogP contribution in [0.2, 0.25) is 0 Å². The summed E-state index contributed by atoms with van der Waals surface area (Å²) in [5.41, 5.74) is 2.48. The maximum Gasteiger partial charge on any atom is 0.0625 e. The zero-order valence-electron chi connectivity index (χ0n) is 9.25. The van der Waals surface area contributed by atoms with Crippen LogP contribution in [0.25, 0.3) is 0 Å². The Labute approximate surface area is 85.5 Å². The minimum atomic E-state index is 0.745. The van der Waals surface area contributed by atoms with Crippen LogP contribution in [0.15, 0.2) is 6.07 Å². The van der Waals surface area contributed by atoms with Gasteiger partial charge in [0.25, 0.3) is 0 Å². The highest BCUT2D eigenvalue weighted by atomic mass is 15.3. The summed E-state index contributed by atoms with van der Waals surface area (Å²) in [7, 11) is 2.02. The molecular formula is C11H19N3. The third kappa shape index (κ3) is 1.98. The molecule has 1 saturated carbocycles. The van der Waals surface area contributed by atoms with E-state index < -0.39 is 0 Å². The minimum Gasteiger partial charge on any atom is -0.308 e. The smallest absolute Gasteiger partial charge is 0.0625 e. The average Bonchev–Trinajstić information content (AvgIpc) is 2.74. The van der Waals surface area contributed by atoms with E-state index in [2.05, 4.69) is 30.3 Å². The zero-order chi connectivity index (χ0) is 10.1. The van der Waals surface area contributed by atoms with Crippen LogP contribution in [-0.4, -0.2) is 15.8 Å². The molecule has 78 valence electrons. The third-order valence-electron chi connectivity index (χ3n) is 3.04. The van der Waals surface area contributed by atoms with Gasteiger partial charge >= 0.3 is 0 Å². The second-order valence-electron chi connectivity index (χ2n) is 4.30. The molecular weight excluding hydrogens is 174 g/mol. The summed E-state index contributed by atoms with van der Waals surface area (Å²) in [5, 5.41) is 7.96. The van der Waals surface area contributed by atoms with Gasteiger partial charge in [0.1, 0.15) is 0 Å². The molecule has 0 aliphatic heterocycles. The fourth-order valence-corrected chi connectivity index (χ4v) is 1.75. The SMILES string of the molecule is CCc1cc(CNC2CC2C)n(C)n1. The van der Waals surface area contributed by atoms with Crippen molar-refractivity contribution in [2.24, 2.45) is 13.0 Å². The summed E-state index contributed by atoms with van der Waals surface area (Å²) in [5.74, 6) is 0.869. The second kappa shape index (κ2) is 3.73. The summed E-state index contributed by atoms with van der Waals surface area (Å²) in [4.78, 5) is 0. The normalized spacial score (nSPS) is 25.4. The topological polar surface area (TPSA) is 29.9 Å². The first-order chi connectivity index (χ1) is 6.70. The highest BCUT2D eigenvalue weighted by Crippen LogP contribution is 2.29. The van der Waals surface area contributed by atoms with Gasteiger partial charge in [0.15, 0.2) is 0 Å². The number of aromatic nitrogens is 2. The van der Waals surface area contributed by atoms with Crippen molar-refractivity contribution in [1.82, 2.24) is 15.1 Å². The molecule has 2 rings (SSSR count). The molecule has 0 spiro atoms. The van der Waals surface area contributed by atoms with Crippen LogP contribution in [0.3, 0.4) is 0 Å². The Kier molecular flexibility index (Phi) is 2.59. The number of rotatable bonds is 4. The van der Waals surface area contributed by atoms with E-state index in [0.29, 0.717) is 0 Å². The van der Waals surface area contributed by atoms with Crippen molar-refractivity contribution in [3.05, 3.63) is 17.5 Å². The Morgan fingerprint density at radius 3 is 2.86 bits per heavy atom. The van der Waals surface area contributed by atoms with Crippen molar-refractivity contribution in [2.45, 2.75) is 39.3 Å². The predicted molar refractivity (Wildman–Crippen MR) is 57.0 cm³/mol. The molecule has 0 bridgehead atoms. The molecule has 2 atom stereocenters. The summed E-state index contributed by atoms with van der Waals surface area (Å²) in [6.07, 6.45) is 2.35. The molecule has 0 amide bonds. The molecule has 3 nitrogen and oxygen atoms in total. The first-order valence-corrected chi connectivity index (χ1v) is 5.46. The van der Waals surface area contributed by atoms with Gasteiger partial charge in [0.2, 0.25) is 0 Å². The van der Waals surface area contributed by atoms with E-state index in [9.17, 15) is 0 Å². The molecule has 2 unspecified atom stereocenters. The molecule has 1 N–H and O–H groups in total. The number of nitrogens with zero attached hydrogens (tertiary/aromatic N) is 2. The van der Waals surface area contributed by atoms with E-state index in [4.69, 9.17) is 0 Å². The van der Waals surface area contributed by atoms with Gasteiger partial charge in [-0.2, -0.15) is 5.10 Å². The average molecular weight is 193 g/mol. The lowest BCUT2D eigenvalue weighted by atomic mass is 10.3. The van der Waals surface area contributed by atoms with E-state index in [1.54, 1.807) is 0 Å². The first kappa shape index (κ1) is 9.71. The van der Waals surface area contributed by atoms with E-state index in [1.165, 1.54) is 17.8 Å². The standard InChI is InChI=1S/C11H19N3/c1-4-9-6-10(14(3)13-9)7-12-11-5-8(11)2/h6,8,11-12H,4-5,7H2,1-3H3. The largest absolute Gasteiger partial charge is 0.308 e. The molecule has 1 aromatic rings. The molecule has 1 aromatic heterocycles. The monoisotopic (exact) mass is 193 g/mol. The van der Waals surface area contributed by atoms with Gasteiger partial charge in [-0.3, -0.25) is 4.68 Å². The van der Waals surface area contributed by atoms with Gasteiger partial charge in [-0.25, -0.2) is 0 Å². The predicted octanol–water partition coefficient (Wildman–Crippen LogP) is 1.48. The maximum atomic E-state index is 4.42. The van der Waals surface area contributed by atoms with Crippen molar-refractivity contribution in [3.8, 4) is 0 Å². The van der Waals surface area contributed by atoms with E-state index >= 15 is 0 Å². The second-order valence-corrected chi connectivity index (χ2v) is 4.30. The molecule has 1 aliphatic rings. The number of aryl methyl sites for hydroxylation is 2. The number of hydrogen-bond donors (Lipinski definition) is 1. The Bertz CT molecular complexity index is 316. The summed E-state index contributed by atoms with van der Waals surface area (Å²) >= 11 is 0. The zero-order valence-corrected chi connectivity index (χ0v) is 9.25. The fraction of sp³-hybridized carbons (Fsp3) is 0.727. The van der Waals surface area contributed by atoms with Crippen LogP contribution in [0.1, 0.15) is 31.7 Å². The van der Waals surface area contributed by atoms with Gasteiger partial charge in [-0.15, -0.1) is 0 Å². The molecule has 1 fully saturated rings.